The molecule has 0 bridgehead atoms. The number of hydrogen-bond donors (Lipinski definition) is 0. The first-order valence-electron chi connectivity index (χ1n) is 17.7. The quantitative estimate of drug-likeness (QED) is 0.0723. The van der Waals surface area contributed by atoms with Crippen LogP contribution in [-0.2, 0) is 13.3 Å². The van der Waals surface area contributed by atoms with Gasteiger partial charge in [-0.15, -0.1) is 0 Å². The van der Waals surface area contributed by atoms with Crippen LogP contribution >= 0.6 is 0 Å². The molecule has 1 saturated carbocycles. The predicted molar refractivity (Wildman–Crippen MR) is 196 cm³/mol. The molecule has 0 heterocycles. The number of rotatable bonds is 15. The van der Waals surface area contributed by atoms with Gasteiger partial charge in [0.15, 0.2) is 22.6 Å². The van der Waals surface area contributed by atoms with Crippen LogP contribution in [0, 0.1) is 11.3 Å². The standard InChI is InChI=1S/C36H68F6O3Si3/c1-32(2,3)47(12,13)43-28-24-27(25-29(26-28)44-48(14,15)33(4,5)6)30(45-46(9,10)11)20-17-16-18-22-34(7,8)23-19-21-31(35(37,38)39)36(40,41)42/h17,20,28-29,31H,16,18-19,21-26H2,1-15H3/t28-,29-/m1/s1. The molecule has 12 heteroatoms. The number of unbranched alkanes of at least 4 members (excludes halogenated alkanes) is 1. The van der Waals surface area contributed by atoms with Crippen LogP contribution in [0.2, 0.25) is 55.9 Å². The van der Waals surface area contributed by atoms with Crippen LogP contribution in [0.5, 0.6) is 0 Å². The Balaban J connectivity index is 3.18. The van der Waals surface area contributed by atoms with Crippen molar-refractivity contribution < 1.29 is 39.6 Å². The molecule has 0 unspecified atom stereocenters. The SMILES string of the molecule is CC(C)(CCCC=CC(O[Si](C)(C)C)=C1C[C@@H](O[Si](C)(C)C(C)(C)C)C[C@H](O[Si](C)(C)C(C)(C)C)C1)CCCC(C(F)(F)F)C(F)(F)F. The molecule has 0 saturated heterocycles. The molecule has 48 heavy (non-hydrogen) atoms. The number of hydrogen-bond acceptors (Lipinski definition) is 3. The van der Waals surface area contributed by atoms with E-state index in [0.29, 0.717) is 12.8 Å². The van der Waals surface area contributed by atoms with Crippen molar-refractivity contribution in [2.24, 2.45) is 11.3 Å². The van der Waals surface area contributed by atoms with E-state index < -0.39 is 49.6 Å². The van der Waals surface area contributed by atoms with Gasteiger partial charge in [0.25, 0.3) is 0 Å². The van der Waals surface area contributed by atoms with Crippen LogP contribution < -0.4 is 0 Å². The molecule has 0 aromatic carbocycles. The van der Waals surface area contributed by atoms with E-state index in [9.17, 15) is 26.3 Å². The second-order valence-electron chi connectivity index (χ2n) is 18.8. The fourth-order valence-electron chi connectivity index (χ4n) is 5.53. The molecule has 0 N–H and O–H groups in total. The van der Waals surface area contributed by atoms with Gasteiger partial charge in [-0.05, 0) is 124 Å². The van der Waals surface area contributed by atoms with Crippen LogP contribution in [0.1, 0.15) is 113 Å². The highest BCUT2D eigenvalue weighted by atomic mass is 28.4. The van der Waals surface area contributed by atoms with E-state index in [4.69, 9.17) is 13.3 Å². The molecule has 1 fully saturated rings. The van der Waals surface area contributed by atoms with Crippen molar-refractivity contribution in [3.05, 3.63) is 23.5 Å². The summed E-state index contributed by atoms with van der Waals surface area (Å²) in [5.41, 5.74) is 0.856. The summed E-state index contributed by atoms with van der Waals surface area (Å²) in [6.45, 7) is 33.1. The monoisotopic (exact) mass is 746 g/mol. The third-order valence-corrected chi connectivity index (χ3v) is 20.3. The van der Waals surface area contributed by atoms with E-state index in [1.165, 1.54) is 5.57 Å². The Morgan fingerprint density at radius 2 is 1.12 bits per heavy atom. The highest BCUT2D eigenvalue weighted by molar-refractivity contribution is 6.74. The molecule has 0 aromatic rings. The molecule has 1 aliphatic rings. The van der Waals surface area contributed by atoms with Gasteiger partial charge >= 0.3 is 12.4 Å². The summed E-state index contributed by atoms with van der Waals surface area (Å²) in [5, 5.41) is 0.154. The minimum absolute atomic E-state index is 0.0353. The van der Waals surface area contributed by atoms with Crippen LogP contribution in [0.3, 0.4) is 0 Å². The zero-order chi connectivity index (χ0) is 37.8. The zero-order valence-corrected chi connectivity index (χ0v) is 35.7. The van der Waals surface area contributed by atoms with Crippen LogP contribution in [0.25, 0.3) is 0 Å². The molecular weight excluding hydrogens is 679 g/mol. The third-order valence-electron chi connectivity index (χ3n) is 10.4. The summed E-state index contributed by atoms with van der Waals surface area (Å²) in [5.74, 6) is -2.37. The zero-order valence-electron chi connectivity index (χ0n) is 32.7. The lowest BCUT2D eigenvalue weighted by atomic mass is 9.81. The average Bonchev–Trinajstić information content (AvgIpc) is 2.81. The Labute approximate surface area is 292 Å². The lowest BCUT2D eigenvalue weighted by molar-refractivity contribution is -0.286. The van der Waals surface area contributed by atoms with Crippen molar-refractivity contribution in [1.82, 2.24) is 0 Å². The normalized spacial score (nSPS) is 19.8. The number of allylic oxidation sites excluding steroid dienone is 2. The van der Waals surface area contributed by atoms with Gasteiger partial charge in [0.2, 0.25) is 8.32 Å². The van der Waals surface area contributed by atoms with E-state index in [-0.39, 0.29) is 34.1 Å². The Hall–Kier alpha value is -0.569. The molecule has 284 valence electrons. The number of alkyl halides is 6. The fraction of sp³-hybridized carbons (Fsp3) is 0.889. The summed E-state index contributed by atoms with van der Waals surface area (Å²) in [4.78, 5) is 0. The summed E-state index contributed by atoms with van der Waals surface area (Å²) >= 11 is 0. The Morgan fingerprint density at radius 1 is 0.708 bits per heavy atom. The lowest BCUT2D eigenvalue weighted by Gasteiger charge is -2.45. The van der Waals surface area contributed by atoms with Gasteiger partial charge in [0.05, 0.1) is 12.2 Å². The van der Waals surface area contributed by atoms with Crippen molar-refractivity contribution in [3.63, 3.8) is 0 Å². The van der Waals surface area contributed by atoms with Crippen molar-refractivity contribution in [3.8, 4) is 0 Å². The van der Waals surface area contributed by atoms with E-state index in [1.807, 2.05) is 13.8 Å². The van der Waals surface area contributed by atoms with Crippen molar-refractivity contribution in [2.75, 3.05) is 0 Å². The molecule has 1 rings (SSSR count). The minimum Gasteiger partial charge on any atom is -0.544 e. The second-order valence-corrected chi connectivity index (χ2v) is 32.8. The average molecular weight is 747 g/mol. The van der Waals surface area contributed by atoms with E-state index in [0.717, 1.165) is 37.9 Å². The summed E-state index contributed by atoms with van der Waals surface area (Å²) in [6, 6.07) is 0. The first-order valence-corrected chi connectivity index (χ1v) is 27.0. The van der Waals surface area contributed by atoms with Gasteiger partial charge in [-0.3, -0.25) is 0 Å². The first kappa shape index (κ1) is 45.5. The summed E-state index contributed by atoms with van der Waals surface area (Å²) < 4.78 is 98.4. The fourth-order valence-corrected chi connectivity index (χ4v) is 9.13. The van der Waals surface area contributed by atoms with Gasteiger partial charge < -0.3 is 13.3 Å². The van der Waals surface area contributed by atoms with Crippen molar-refractivity contribution >= 4 is 25.0 Å². The Bertz CT molecular complexity index is 1020. The molecule has 0 spiro atoms. The number of halogens is 6. The van der Waals surface area contributed by atoms with Gasteiger partial charge in [0.1, 0.15) is 5.76 Å². The van der Waals surface area contributed by atoms with E-state index in [1.54, 1.807) is 0 Å². The van der Waals surface area contributed by atoms with Crippen molar-refractivity contribution in [2.45, 2.75) is 194 Å². The topological polar surface area (TPSA) is 27.7 Å². The van der Waals surface area contributed by atoms with E-state index >= 15 is 0 Å². The van der Waals surface area contributed by atoms with Crippen LogP contribution in [0.4, 0.5) is 26.3 Å². The minimum atomic E-state index is -5.27. The van der Waals surface area contributed by atoms with Crippen molar-refractivity contribution in [1.29, 1.82) is 0 Å². The van der Waals surface area contributed by atoms with Gasteiger partial charge in [-0.1, -0.05) is 67.9 Å². The largest absolute Gasteiger partial charge is 0.544 e. The maximum atomic E-state index is 13.0. The first-order chi connectivity index (χ1) is 21.2. The third kappa shape index (κ3) is 15.4. The highest BCUT2D eigenvalue weighted by Gasteiger charge is 2.55. The molecule has 2 atom stereocenters. The van der Waals surface area contributed by atoms with Gasteiger partial charge in [-0.2, -0.15) is 26.3 Å². The summed E-state index contributed by atoms with van der Waals surface area (Å²) in [7, 11) is -6.08. The molecular formula is C36H68F6O3Si3. The lowest BCUT2D eigenvalue weighted by Crippen LogP contribution is -2.49. The van der Waals surface area contributed by atoms with Gasteiger partial charge in [-0.25, -0.2) is 0 Å². The molecule has 1 aliphatic carbocycles. The predicted octanol–water partition coefficient (Wildman–Crippen LogP) is 13.7. The molecule has 0 aliphatic heterocycles. The second kappa shape index (κ2) is 16.4. The summed E-state index contributed by atoms with van der Waals surface area (Å²) in [6.07, 6.45) is -2.40. The highest BCUT2D eigenvalue weighted by Crippen LogP contribution is 2.45. The van der Waals surface area contributed by atoms with Crippen LogP contribution in [-0.4, -0.2) is 49.5 Å². The smallest absolute Gasteiger partial charge is 0.400 e. The van der Waals surface area contributed by atoms with E-state index in [2.05, 4.69) is 99.5 Å². The molecule has 0 aromatic heterocycles. The maximum absolute atomic E-state index is 13.0. The Morgan fingerprint density at radius 3 is 1.50 bits per heavy atom. The molecule has 0 radical (unpaired) electrons. The molecule has 0 amide bonds. The van der Waals surface area contributed by atoms with Crippen LogP contribution in [0.15, 0.2) is 23.5 Å². The van der Waals surface area contributed by atoms with Gasteiger partial charge in [0, 0.05) is 0 Å². The maximum Gasteiger partial charge on any atom is 0.400 e. The molecule has 3 nitrogen and oxygen atoms in total. The Kier molecular flexibility index (Phi) is 15.5.